The van der Waals surface area contributed by atoms with Crippen molar-refractivity contribution in [2.75, 3.05) is 5.32 Å². The molecule has 0 fully saturated rings. The lowest BCUT2D eigenvalue weighted by Gasteiger charge is -2.10. The highest BCUT2D eigenvalue weighted by molar-refractivity contribution is 6.31. The minimum absolute atomic E-state index is 0.0155. The minimum atomic E-state index is 0.0155. The van der Waals surface area contributed by atoms with E-state index < -0.39 is 0 Å². The number of anilines is 1. The highest BCUT2D eigenvalue weighted by Crippen LogP contribution is 2.22. The molecule has 2 aromatic rings. The van der Waals surface area contributed by atoms with Crippen LogP contribution in [0.15, 0.2) is 30.6 Å². The summed E-state index contributed by atoms with van der Waals surface area (Å²) in [6.45, 7) is 4.60. The van der Waals surface area contributed by atoms with Gasteiger partial charge in [0.25, 0.3) is 0 Å². The second-order valence-electron chi connectivity index (χ2n) is 4.71. The number of nitrogens with one attached hydrogen (secondary N) is 1. The Morgan fingerprint density at radius 2 is 2.25 bits per heavy atom. The first-order valence-corrected chi connectivity index (χ1v) is 7.04. The Labute approximate surface area is 123 Å². The van der Waals surface area contributed by atoms with Crippen LogP contribution in [-0.4, -0.2) is 15.5 Å². The van der Waals surface area contributed by atoms with Gasteiger partial charge in [-0.2, -0.15) is 0 Å². The van der Waals surface area contributed by atoms with Crippen molar-refractivity contribution < 1.29 is 4.79 Å². The highest BCUT2D eigenvalue weighted by atomic mass is 35.5. The molecule has 2 rings (SSSR count). The average Bonchev–Trinajstić information content (AvgIpc) is 2.79. The molecule has 1 heterocycles. The third kappa shape index (κ3) is 3.61. The van der Waals surface area contributed by atoms with Crippen LogP contribution in [0, 0.1) is 6.92 Å². The number of carbonyl (C=O) groups is 1. The average molecular weight is 292 g/mol. The van der Waals surface area contributed by atoms with Crippen LogP contribution < -0.4 is 5.32 Å². The number of imidazole rings is 1. The second kappa shape index (κ2) is 6.57. The van der Waals surface area contributed by atoms with E-state index in [2.05, 4.69) is 10.3 Å². The molecule has 0 atom stereocenters. The molecule has 0 unspecified atom stereocenters. The predicted molar refractivity (Wildman–Crippen MR) is 81.1 cm³/mol. The maximum absolute atomic E-state index is 11.5. The summed E-state index contributed by atoms with van der Waals surface area (Å²) in [7, 11) is 0. The maximum atomic E-state index is 11.5. The maximum Gasteiger partial charge on any atom is 0.224 e. The molecular weight excluding hydrogens is 274 g/mol. The van der Waals surface area contributed by atoms with Crippen LogP contribution >= 0.6 is 11.6 Å². The zero-order valence-corrected chi connectivity index (χ0v) is 12.4. The van der Waals surface area contributed by atoms with Gasteiger partial charge < -0.3 is 9.88 Å². The van der Waals surface area contributed by atoms with Crippen LogP contribution in [0.5, 0.6) is 0 Å². The zero-order valence-electron chi connectivity index (χ0n) is 11.7. The number of hydrogen-bond acceptors (Lipinski definition) is 2. The van der Waals surface area contributed by atoms with Gasteiger partial charge in [0.05, 0.1) is 6.54 Å². The Morgan fingerprint density at radius 3 is 2.85 bits per heavy atom. The molecule has 0 spiro atoms. The van der Waals surface area contributed by atoms with Gasteiger partial charge >= 0.3 is 0 Å². The van der Waals surface area contributed by atoms with Crippen molar-refractivity contribution in [3.8, 4) is 0 Å². The molecule has 4 nitrogen and oxygen atoms in total. The van der Waals surface area contributed by atoms with E-state index in [4.69, 9.17) is 11.6 Å². The van der Waals surface area contributed by atoms with E-state index in [-0.39, 0.29) is 5.91 Å². The van der Waals surface area contributed by atoms with Gasteiger partial charge in [-0.05, 0) is 31.0 Å². The number of hydrogen-bond donors (Lipinski definition) is 1. The molecule has 0 aliphatic carbocycles. The molecular formula is C15H18ClN3O. The summed E-state index contributed by atoms with van der Waals surface area (Å²) < 4.78 is 2.02. The first kappa shape index (κ1) is 14.6. The molecule has 1 aromatic heterocycles. The summed E-state index contributed by atoms with van der Waals surface area (Å²) in [5.74, 6) is 0.961. The third-order valence-corrected chi connectivity index (χ3v) is 3.43. The normalized spacial score (nSPS) is 10.6. The number of rotatable bonds is 5. The fourth-order valence-corrected chi connectivity index (χ4v) is 2.20. The van der Waals surface area contributed by atoms with Gasteiger partial charge in [-0.15, -0.1) is 0 Å². The van der Waals surface area contributed by atoms with Crippen LogP contribution in [0.1, 0.15) is 31.2 Å². The van der Waals surface area contributed by atoms with Crippen molar-refractivity contribution in [3.63, 3.8) is 0 Å². The van der Waals surface area contributed by atoms with Gasteiger partial charge in [0.1, 0.15) is 5.82 Å². The lowest BCUT2D eigenvalue weighted by atomic mass is 10.2. The molecule has 0 bridgehead atoms. The summed E-state index contributed by atoms with van der Waals surface area (Å²) in [6, 6.07) is 5.60. The highest BCUT2D eigenvalue weighted by Gasteiger charge is 2.06. The smallest absolute Gasteiger partial charge is 0.224 e. The number of aromatic nitrogens is 2. The Kier molecular flexibility index (Phi) is 4.79. The minimum Gasteiger partial charge on any atom is -0.331 e. The van der Waals surface area contributed by atoms with Gasteiger partial charge in [0.2, 0.25) is 5.91 Å². The summed E-state index contributed by atoms with van der Waals surface area (Å²) in [6.07, 6.45) is 5.04. The number of carbonyl (C=O) groups excluding carboxylic acids is 1. The summed E-state index contributed by atoms with van der Waals surface area (Å²) in [5, 5.41) is 3.48. The van der Waals surface area contributed by atoms with Gasteiger partial charge in [-0.3, -0.25) is 4.79 Å². The molecule has 0 saturated heterocycles. The Morgan fingerprint density at radius 1 is 1.45 bits per heavy atom. The van der Waals surface area contributed by atoms with E-state index in [1.165, 1.54) is 0 Å². The van der Waals surface area contributed by atoms with Gasteiger partial charge in [0, 0.05) is 29.5 Å². The Balaban J connectivity index is 2.10. The van der Waals surface area contributed by atoms with Crippen molar-refractivity contribution in [2.45, 2.75) is 33.2 Å². The van der Waals surface area contributed by atoms with E-state index in [0.717, 1.165) is 23.5 Å². The monoisotopic (exact) mass is 291 g/mol. The lowest BCUT2D eigenvalue weighted by Crippen LogP contribution is -2.10. The second-order valence-corrected chi connectivity index (χ2v) is 5.11. The van der Waals surface area contributed by atoms with Gasteiger partial charge in [0.15, 0.2) is 0 Å². The van der Waals surface area contributed by atoms with Crippen molar-refractivity contribution >= 4 is 23.2 Å². The first-order valence-electron chi connectivity index (χ1n) is 6.66. The lowest BCUT2D eigenvalue weighted by molar-refractivity contribution is -0.116. The molecule has 1 amide bonds. The number of nitrogens with zero attached hydrogens (tertiary/aromatic N) is 2. The van der Waals surface area contributed by atoms with E-state index >= 15 is 0 Å². The number of halogens is 1. The predicted octanol–water partition coefficient (Wildman–Crippen LogP) is 3.63. The van der Waals surface area contributed by atoms with Crippen molar-refractivity contribution in [1.29, 1.82) is 0 Å². The Hall–Kier alpha value is -1.81. The van der Waals surface area contributed by atoms with Crippen LogP contribution in [0.3, 0.4) is 0 Å². The summed E-state index contributed by atoms with van der Waals surface area (Å²) in [5.41, 5.74) is 1.74. The van der Waals surface area contributed by atoms with Crippen molar-refractivity contribution in [2.24, 2.45) is 0 Å². The molecule has 1 aromatic carbocycles. The number of benzene rings is 1. The van der Waals surface area contributed by atoms with E-state index in [0.29, 0.717) is 18.0 Å². The fraction of sp³-hybridized carbons (Fsp3) is 0.333. The molecule has 0 radical (unpaired) electrons. The molecule has 0 saturated carbocycles. The van der Waals surface area contributed by atoms with Gasteiger partial charge in [-0.25, -0.2) is 4.98 Å². The molecule has 0 aliphatic rings. The molecule has 5 heteroatoms. The molecule has 106 valence electrons. The van der Waals surface area contributed by atoms with Gasteiger partial charge in [-0.1, -0.05) is 24.6 Å². The van der Waals surface area contributed by atoms with E-state index in [1.807, 2.05) is 36.7 Å². The van der Waals surface area contributed by atoms with E-state index in [9.17, 15) is 4.79 Å². The topological polar surface area (TPSA) is 46.9 Å². The molecule has 0 aliphatic heterocycles. The van der Waals surface area contributed by atoms with Crippen molar-refractivity contribution in [1.82, 2.24) is 9.55 Å². The quantitative estimate of drug-likeness (QED) is 0.914. The van der Waals surface area contributed by atoms with E-state index in [1.54, 1.807) is 12.3 Å². The summed E-state index contributed by atoms with van der Waals surface area (Å²) in [4.78, 5) is 15.7. The number of amides is 1. The van der Waals surface area contributed by atoms with Crippen molar-refractivity contribution in [3.05, 3.63) is 47.0 Å². The largest absolute Gasteiger partial charge is 0.331 e. The zero-order chi connectivity index (χ0) is 14.5. The first-order chi connectivity index (χ1) is 9.60. The third-order valence-electron chi connectivity index (χ3n) is 3.08. The Bertz CT molecular complexity index is 607. The molecule has 1 N–H and O–H groups in total. The summed E-state index contributed by atoms with van der Waals surface area (Å²) >= 11 is 6.27. The van der Waals surface area contributed by atoms with Crippen LogP contribution in [0.4, 0.5) is 5.69 Å². The standard InChI is InChI=1S/C15H18ClN3O/c1-3-4-15(20)18-13-6-5-12(14(16)9-13)10-19-8-7-17-11(19)2/h5-9H,3-4,10H2,1-2H3,(H,18,20). The van der Waals surface area contributed by atoms with Crippen LogP contribution in [0.25, 0.3) is 0 Å². The van der Waals surface area contributed by atoms with Crippen LogP contribution in [0.2, 0.25) is 5.02 Å². The number of aryl methyl sites for hydroxylation is 1. The SMILES string of the molecule is CCCC(=O)Nc1ccc(Cn2ccnc2C)c(Cl)c1. The fourth-order valence-electron chi connectivity index (χ4n) is 1.96. The van der Waals surface area contributed by atoms with Crippen LogP contribution in [-0.2, 0) is 11.3 Å². The molecule has 20 heavy (non-hydrogen) atoms.